The summed E-state index contributed by atoms with van der Waals surface area (Å²) in [4.78, 5) is 20.8. The van der Waals surface area contributed by atoms with Crippen LogP contribution in [0, 0.1) is 0 Å². The Balaban J connectivity index is 1.33. The van der Waals surface area contributed by atoms with E-state index in [1.165, 1.54) is 12.7 Å². The molecule has 0 radical (unpaired) electrons. The number of fused-ring (bicyclic) bond motifs is 1. The minimum Gasteiger partial charge on any atom is -0.484 e. The number of oxazole rings is 1. The molecule has 1 aromatic carbocycles. The molecule has 27 heavy (non-hydrogen) atoms. The molecule has 3 heterocycles. The van der Waals surface area contributed by atoms with Crippen LogP contribution in [0.5, 0.6) is 17.2 Å². The summed E-state index contributed by atoms with van der Waals surface area (Å²) in [6.07, 6.45) is 3.67. The lowest BCUT2D eigenvalue weighted by Crippen LogP contribution is -2.39. The van der Waals surface area contributed by atoms with Gasteiger partial charge in [-0.3, -0.25) is 4.79 Å². The first-order chi connectivity index (χ1) is 13.1. The Morgan fingerprint density at radius 2 is 2.22 bits per heavy atom. The molecule has 2 aromatic rings. The van der Waals surface area contributed by atoms with E-state index in [1.54, 1.807) is 30.1 Å². The summed E-state index contributed by atoms with van der Waals surface area (Å²) >= 11 is 0. The van der Waals surface area contributed by atoms with E-state index in [2.05, 4.69) is 16.9 Å². The smallest absolute Gasteiger partial charge is 0.275 e. The highest BCUT2D eigenvalue weighted by atomic mass is 16.7. The number of rotatable bonds is 6. The molecule has 0 bridgehead atoms. The normalized spacial score (nSPS) is 18.7. The number of likely N-dealkylation sites (N-methyl/N-ethyl adjacent to an activating group) is 2. The third-order valence-corrected chi connectivity index (χ3v) is 4.98. The van der Waals surface area contributed by atoms with E-state index in [4.69, 9.17) is 18.6 Å². The summed E-state index contributed by atoms with van der Waals surface area (Å²) < 4.78 is 21.6. The van der Waals surface area contributed by atoms with Crippen molar-refractivity contribution in [3.63, 3.8) is 0 Å². The number of hydrogen-bond acceptors (Lipinski definition) is 7. The van der Waals surface area contributed by atoms with E-state index in [1.807, 2.05) is 0 Å². The molecular formula is C19H23N3O5. The Labute approximate surface area is 157 Å². The molecule has 4 rings (SSSR count). The molecule has 1 aromatic heterocycles. The van der Waals surface area contributed by atoms with Crippen molar-refractivity contribution in [2.45, 2.75) is 25.5 Å². The summed E-state index contributed by atoms with van der Waals surface area (Å²) in [6.45, 7) is 2.11. The minimum atomic E-state index is -0.145. The Bertz CT molecular complexity index is 821. The van der Waals surface area contributed by atoms with E-state index in [0.717, 1.165) is 13.0 Å². The van der Waals surface area contributed by atoms with Gasteiger partial charge in [0.15, 0.2) is 23.8 Å². The molecule has 144 valence electrons. The second-order valence-corrected chi connectivity index (χ2v) is 6.89. The molecule has 1 amide bonds. The number of hydrogen-bond donors (Lipinski definition) is 0. The molecule has 2 aliphatic rings. The van der Waals surface area contributed by atoms with Gasteiger partial charge in [0.2, 0.25) is 12.7 Å². The van der Waals surface area contributed by atoms with Gasteiger partial charge in [-0.25, -0.2) is 4.98 Å². The van der Waals surface area contributed by atoms with Crippen LogP contribution in [0.1, 0.15) is 29.2 Å². The highest BCUT2D eigenvalue weighted by Crippen LogP contribution is 2.35. The number of likely N-dealkylation sites (tertiary alicyclic amines) is 1. The van der Waals surface area contributed by atoms with Crippen molar-refractivity contribution in [1.29, 1.82) is 0 Å². The molecule has 1 saturated heterocycles. The highest BCUT2D eigenvalue weighted by molar-refractivity contribution is 5.91. The van der Waals surface area contributed by atoms with Gasteiger partial charge in [-0.2, -0.15) is 0 Å². The molecule has 0 aliphatic carbocycles. The van der Waals surface area contributed by atoms with Crippen LogP contribution in [0.2, 0.25) is 0 Å². The van der Waals surface area contributed by atoms with E-state index >= 15 is 0 Å². The van der Waals surface area contributed by atoms with Crippen molar-refractivity contribution in [1.82, 2.24) is 14.8 Å². The van der Waals surface area contributed by atoms with E-state index in [-0.39, 0.29) is 19.3 Å². The van der Waals surface area contributed by atoms with Gasteiger partial charge in [-0.05, 0) is 38.6 Å². The number of carbonyl (C=O) groups excluding carboxylic acids is 1. The maximum atomic E-state index is 12.6. The maximum Gasteiger partial charge on any atom is 0.275 e. The predicted octanol–water partition coefficient (Wildman–Crippen LogP) is 2.15. The van der Waals surface area contributed by atoms with Gasteiger partial charge < -0.3 is 28.4 Å². The van der Waals surface area contributed by atoms with Crippen LogP contribution in [-0.4, -0.2) is 60.7 Å². The van der Waals surface area contributed by atoms with Gasteiger partial charge in [0.1, 0.15) is 12.0 Å². The fourth-order valence-corrected chi connectivity index (χ4v) is 3.39. The van der Waals surface area contributed by atoms with Crippen molar-refractivity contribution in [3.8, 4) is 17.2 Å². The fourth-order valence-electron chi connectivity index (χ4n) is 3.39. The van der Waals surface area contributed by atoms with Crippen molar-refractivity contribution in [3.05, 3.63) is 36.0 Å². The lowest BCUT2D eigenvalue weighted by atomic mass is 10.2. The van der Waals surface area contributed by atoms with Crippen LogP contribution < -0.4 is 14.2 Å². The average Bonchev–Trinajstić information content (AvgIpc) is 3.40. The minimum absolute atomic E-state index is 0.127. The monoisotopic (exact) mass is 373 g/mol. The first kappa shape index (κ1) is 17.7. The Kier molecular flexibility index (Phi) is 4.89. The van der Waals surface area contributed by atoms with E-state index < -0.39 is 0 Å². The van der Waals surface area contributed by atoms with Gasteiger partial charge in [-0.1, -0.05) is 0 Å². The lowest BCUT2D eigenvalue weighted by molar-refractivity contribution is 0.0755. The number of nitrogens with zero attached hydrogens (tertiary/aromatic N) is 3. The molecule has 2 aliphatic heterocycles. The average molecular weight is 373 g/mol. The molecule has 8 heteroatoms. The number of benzene rings is 1. The Morgan fingerprint density at radius 1 is 1.37 bits per heavy atom. The van der Waals surface area contributed by atoms with Crippen LogP contribution in [-0.2, 0) is 6.61 Å². The molecule has 0 spiro atoms. The van der Waals surface area contributed by atoms with Gasteiger partial charge in [0.25, 0.3) is 5.91 Å². The first-order valence-corrected chi connectivity index (χ1v) is 9.03. The zero-order valence-electron chi connectivity index (χ0n) is 15.5. The second kappa shape index (κ2) is 7.48. The molecule has 8 nitrogen and oxygen atoms in total. The van der Waals surface area contributed by atoms with Gasteiger partial charge in [0.05, 0.1) is 0 Å². The summed E-state index contributed by atoms with van der Waals surface area (Å²) in [7, 11) is 3.89. The van der Waals surface area contributed by atoms with Gasteiger partial charge >= 0.3 is 0 Å². The number of amides is 1. The summed E-state index contributed by atoms with van der Waals surface area (Å²) in [5.41, 5.74) is 0.294. The molecule has 1 fully saturated rings. The standard InChI is InChI=1S/C19H23N3O5/c1-21-7-3-4-13(21)9-22(2)19(23)15-10-25-18(20-15)11-24-14-5-6-16-17(8-14)27-12-26-16/h5-6,8,10,13H,3-4,7,9,11-12H2,1-2H3/t13-/m1/s1. The SMILES string of the molecule is CN(C[C@H]1CCCN1C)C(=O)c1coc(COc2ccc3c(c2)OCO3)n1. The largest absolute Gasteiger partial charge is 0.484 e. The summed E-state index contributed by atoms with van der Waals surface area (Å²) in [6, 6.07) is 5.73. The zero-order valence-corrected chi connectivity index (χ0v) is 15.5. The third kappa shape index (κ3) is 3.85. The van der Waals surface area contributed by atoms with Crippen LogP contribution in [0.3, 0.4) is 0 Å². The quantitative estimate of drug-likeness (QED) is 0.768. The second-order valence-electron chi connectivity index (χ2n) is 6.89. The summed E-state index contributed by atoms with van der Waals surface area (Å²) in [5.74, 6) is 2.17. The van der Waals surface area contributed by atoms with Crippen molar-refractivity contribution < 1.29 is 23.4 Å². The number of aromatic nitrogens is 1. The van der Waals surface area contributed by atoms with Crippen LogP contribution in [0.15, 0.2) is 28.9 Å². The van der Waals surface area contributed by atoms with E-state index in [0.29, 0.717) is 41.4 Å². The van der Waals surface area contributed by atoms with Gasteiger partial charge in [0, 0.05) is 25.7 Å². The lowest BCUT2D eigenvalue weighted by Gasteiger charge is -2.25. The third-order valence-electron chi connectivity index (χ3n) is 4.98. The molecule has 0 N–H and O–H groups in total. The topological polar surface area (TPSA) is 77.3 Å². The maximum absolute atomic E-state index is 12.6. The van der Waals surface area contributed by atoms with Crippen molar-refractivity contribution >= 4 is 5.91 Å². The fraction of sp³-hybridized carbons (Fsp3) is 0.474. The van der Waals surface area contributed by atoms with Gasteiger partial charge in [-0.15, -0.1) is 0 Å². The zero-order chi connectivity index (χ0) is 18.8. The van der Waals surface area contributed by atoms with E-state index in [9.17, 15) is 4.79 Å². The molecular weight excluding hydrogens is 350 g/mol. The van der Waals surface area contributed by atoms with Crippen molar-refractivity contribution in [2.75, 3.05) is 34.0 Å². The van der Waals surface area contributed by atoms with Crippen LogP contribution >= 0.6 is 0 Å². The number of carbonyl (C=O) groups is 1. The molecule has 0 saturated carbocycles. The van der Waals surface area contributed by atoms with Crippen LogP contribution in [0.25, 0.3) is 0 Å². The molecule has 0 unspecified atom stereocenters. The number of ether oxygens (including phenoxy) is 3. The highest BCUT2D eigenvalue weighted by Gasteiger charge is 2.25. The first-order valence-electron chi connectivity index (χ1n) is 9.03. The Hall–Kier alpha value is -2.74. The van der Waals surface area contributed by atoms with Crippen LogP contribution in [0.4, 0.5) is 0 Å². The van der Waals surface area contributed by atoms with Crippen molar-refractivity contribution in [2.24, 2.45) is 0 Å². The summed E-state index contributed by atoms with van der Waals surface area (Å²) in [5, 5.41) is 0. The molecule has 1 atom stereocenters. The Morgan fingerprint density at radius 3 is 3.04 bits per heavy atom. The predicted molar refractivity (Wildman–Crippen MR) is 96.0 cm³/mol.